The molecule has 1 N–H and O–H groups in total. The topological polar surface area (TPSA) is 61.8 Å². The fraction of sp³-hybridized carbons (Fsp3) is 0.400. The van der Waals surface area contributed by atoms with Crippen LogP contribution in [-0.4, -0.2) is 40.2 Å². The zero-order chi connectivity index (χ0) is 17.0. The molecule has 1 aromatic rings. The van der Waals surface area contributed by atoms with Crippen molar-refractivity contribution < 1.29 is 14.0 Å². The lowest BCUT2D eigenvalue weighted by Gasteiger charge is -2.13. The van der Waals surface area contributed by atoms with Gasteiger partial charge in [-0.1, -0.05) is 27.7 Å². The summed E-state index contributed by atoms with van der Waals surface area (Å²) in [5, 5.41) is 2.59. The average molecular weight is 402 g/mol. The van der Waals surface area contributed by atoms with E-state index in [4.69, 9.17) is 0 Å². The van der Waals surface area contributed by atoms with Crippen LogP contribution in [0.15, 0.2) is 27.7 Å². The van der Waals surface area contributed by atoms with Crippen LogP contribution >= 0.6 is 27.7 Å². The molecule has 0 radical (unpaired) electrons. The molecule has 1 atom stereocenters. The average Bonchev–Trinajstić information content (AvgIpc) is 2.77. The standard InChI is InChI=1S/C15H17BrFN3O2S/c1-3-18-13(21)8-12-14(22)20(4-2)15(23-12)19-11-6-5-9(16)7-10(11)17/h5-7,12H,3-4,8H2,1-2H3,(H,18,21). The van der Waals surface area contributed by atoms with Gasteiger partial charge in [-0.15, -0.1) is 0 Å². The Balaban J connectivity index is 2.22. The number of amidine groups is 1. The monoisotopic (exact) mass is 401 g/mol. The van der Waals surface area contributed by atoms with Crippen LogP contribution < -0.4 is 5.32 Å². The zero-order valence-corrected chi connectivity index (χ0v) is 15.2. The van der Waals surface area contributed by atoms with Gasteiger partial charge in [0.1, 0.15) is 16.8 Å². The van der Waals surface area contributed by atoms with Crippen LogP contribution in [0.1, 0.15) is 20.3 Å². The van der Waals surface area contributed by atoms with Gasteiger partial charge in [0, 0.05) is 24.0 Å². The first-order valence-electron chi connectivity index (χ1n) is 7.24. The number of thioether (sulfide) groups is 1. The number of hydrogen-bond donors (Lipinski definition) is 1. The summed E-state index contributed by atoms with van der Waals surface area (Å²) in [7, 11) is 0. The lowest BCUT2D eigenvalue weighted by molar-refractivity contribution is -0.129. The summed E-state index contributed by atoms with van der Waals surface area (Å²) < 4.78 is 14.5. The van der Waals surface area contributed by atoms with Crippen molar-refractivity contribution in [2.24, 2.45) is 4.99 Å². The van der Waals surface area contributed by atoms with Crippen molar-refractivity contribution in [2.75, 3.05) is 13.1 Å². The summed E-state index contributed by atoms with van der Waals surface area (Å²) in [6.07, 6.45) is 0.0929. The highest BCUT2D eigenvalue weighted by Crippen LogP contribution is 2.32. The van der Waals surface area contributed by atoms with E-state index < -0.39 is 11.1 Å². The van der Waals surface area contributed by atoms with Gasteiger partial charge in [-0.2, -0.15) is 0 Å². The third-order valence-corrected chi connectivity index (χ3v) is 4.88. The molecule has 1 heterocycles. The summed E-state index contributed by atoms with van der Waals surface area (Å²) in [4.78, 5) is 29.8. The molecule has 0 saturated carbocycles. The Morgan fingerprint density at radius 2 is 2.22 bits per heavy atom. The highest BCUT2D eigenvalue weighted by Gasteiger charge is 2.38. The summed E-state index contributed by atoms with van der Waals surface area (Å²) in [5.41, 5.74) is 0.167. The molecule has 0 bridgehead atoms. The molecule has 1 saturated heterocycles. The van der Waals surface area contributed by atoms with Gasteiger partial charge in [0.05, 0.1) is 0 Å². The van der Waals surface area contributed by atoms with Gasteiger partial charge in [-0.05, 0) is 32.0 Å². The number of carbonyl (C=O) groups is 2. The SMILES string of the molecule is CCNC(=O)CC1SC(=Nc2ccc(Br)cc2F)N(CC)C1=O. The van der Waals surface area contributed by atoms with E-state index in [0.29, 0.717) is 22.7 Å². The quantitative estimate of drug-likeness (QED) is 0.824. The summed E-state index contributed by atoms with van der Waals surface area (Å²) >= 11 is 4.39. The lowest BCUT2D eigenvalue weighted by atomic mass is 10.2. The molecule has 1 unspecified atom stereocenters. The lowest BCUT2D eigenvalue weighted by Crippen LogP contribution is -2.34. The summed E-state index contributed by atoms with van der Waals surface area (Å²) in [6, 6.07) is 4.55. The van der Waals surface area contributed by atoms with E-state index in [0.717, 1.165) is 0 Å². The van der Waals surface area contributed by atoms with Crippen molar-refractivity contribution in [1.82, 2.24) is 10.2 Å². The van der Waals surface area contributed by atoms with E-state index in [1.54, 1.807) is 12.1 Å². The van der Waals surface area contributed by atoms with Gasteiger partial charge in [-0.3, -0.25) is 14.5 Å². The van der Waals surface area contributed by atoms with Crippen molar-refractivity contribution in [3.63, 3.8) is 0 Å². The summed E-state index contributed by atoms with van der Waals surface area (Å²) in [5.74, 6) is -0.811. The maximum absolute atomic E-state index is 13.9. The number of nitrogens with one attached hydrogen (secondary N) is 1. The molecule has 0 aromatic heterocycles. The molecule has 8 heteroatoms. The van der Waals surface area contributed by atoms with Crippen molar-refractivity contribution in [1.29, 1.82) is 0 Å². The number of carbonyl (C=O) groups excluding carboxylic acids is 2. The Morgan fingerprint density at radius 3 is 2.83 bits per heavy atom. The van der Waals surface area contributed by atoms with Gasteiger partial charge < -0.3 is 5.32 Å². The third-order valence-electron chi connectivity index (χ3n) is 3.21. The van der Waals surface area contributed by atoms with Crippen LogP contribution in [0.25, 0.3) is 0 Å². The third kappa shape index (κ3) is 4.32. The van der Waals surface area contributed by atoms with E-state index in [-0.39, 0.29) is 23.9 Å². The van der Waals surface area contributed by atoms with Crippen LogP contribution in [-0.2, 0) is 9.59 Å². The molecule has 124 valence electrons. The van der Waals surface area contributed by atoms with Crippen LogP contribution in [0.3, 0.4) is 0 Å². The maximum Gasteiger partial charge on any atom is 0.242 e. The van der Waals surface area contributed by atoms with Gasteiger partial charge in [0.15, 0.2) is 5.17 Å². The fourth-order valence-electron chi connectivity index (χ4n) is 2.13. The molecule has 23 heavy (non-hydrogen) atoms. The molecular weight excluding hydrogens is 385 g/mol. The Labute approximate surface area is 146 Å². The fourth-order valence-corrected chi connectivity index (χ4v) is 3.68. The highest BCUT2D eigenvalue weighted by atomic mass is 79.9. The second-order valence-electron chi connectivity index (χ2n) is 4.84. The van der Waals surface area contributed by atoms with Crippen molar-refractivity contribution >= 4 is 50.4 Å². The number of nitrogens with zero attached hydrogens (tertiary/aromatic N) is 2. The molecule has 0 aliphatic carbocycles. The van der Waals surface area contributed by atoms with Crippen LogP contribution in [0.4, 0.5) is 10.1 Å². The molecule has 1 aliphatic rings. The molecule has 5 nitrogen and oxygen atoms in total. The number of hydrogen-bond acceptors (Lipinski definition) is 4. The smallest absolute Gasteiger partial charge is 0.242 e. The van der Waals surface area contributed by atoms with Crippen LogP contribution in [0.2, 0.25) is 0 Å². The number of rotatable bonds is 5. The largest absolute Gasteiger partial charge is 0.356 e. The van der Waals surface area contributed by atoms with Gasteiger partial charge in [0.2, 0.25) is 11.8 Å². The van der Waals surface area contributed by atoms with Crippen molar-refractivity contribution in [2.45, 2.75) is 25.5 Å². The summed E-state index contributed by atoms with van der Waals surface area (Å²) in [6.45, 7) is 4.59. The first-order chi connectivity index (χ1) is 11.0. The molecular formula is C15H17BrFN3O2S. The van der Waals surface area contributed by atoms with E-state index in [2.05, 4.69) is 26.2 Å². The minimum atomic E-state index is -0.515. The predicted octanol–water partition coefficient (Wildman–Crippen LogP) is 3.07. The normalized spacial score (nSPS) is 19.5. The minimum absolute atomic E-state index is 0.0929. The highest BCUT2D eigenvalue weighted by molar-refractivity contribution is 9.10. The molecule has 1 aromatic carbocycles. The Bertz CT molecular complexity index is 654. The van der Waals surface area contributed by atoms with E-state index in [1.807, 2.05) is 13.8 Å². The molecule has 1 aliphatic heterocycles. The Kier molecular flexibility index (Phi) is 6.17. The van der Waals surface area contributed by atoms with Gasteiger partial charge in [-0.25, -0.2) is 9.38 Å². The van der Waals surface area contributed by atoms with E-state index in [9.17, 15) is 14.0 Å². The van der Waals surface area contributed by atoms with Crippen molar-refractivity contribution in [3.05, 3.63) is 28.5 Å². The molecule has 0 spiro atoms. The molecule has 2 rings (SSSR count). The first kappa shape index (κ1) is 17.9. The van der Waals surface area contributed by atoms with Gasteiger partial charge in [0.25, 0.3) is 0 Å². The first-order valence-corrected chi connectivity index (χ1v) is 8.92. The number of benzene rings is 1. The second-order valence-corrected chi connectivity index (χ2v) is 6.92. The van der Waals surface area contributed by atoms with Crippen LogP contribution in [0, 0.1) is 5.82 Å². The number of aliphatic imine (C=N–C) groups is 1. The van der Waals surface area contributed by atoms with Gasteiger partial charge >= 0.3 is 0 Å². The molecule has 2 amide bonds. The zero-order valence-electron chi connectivity index (χ0n) is 12.8. The number of amides is 2. The number of halogens is 2. The molecule has 1 fully saturated rings. The Hall–Kier alpha value is -1.41. The second kappa shape index (κ2) is 7.92. The van der Waals surface area contributed by atoms with Crippen molar-refractivity contribution in [3.8, 4) is 0 Å². The predicted molar refractivity (Wildman–Crippen MR) is 93.3 cm³/mol. The van der Waals surface area contributed by atoms with Crippen LogP contribution in [0.5, 0.6) is 0 Å². The maximum atomic E-state index is 13.9. The Morgan fingerprint density at radius 1 is 1.48 bits per heavy atom. The van der Waals surface area contributed by atoms with E-state index in [1.165, 1.54) is 22.7 Å². The van der Waals surface area contributed by atoms with E-state index >= 15 is 0 Å². The minimum Gasteiger partial charge on any atom is -0.356 e.